The van der Waals surface area contributed by atoms with Gasteiger partial charge in [0.05, 0.1) is 13.2 Å². The minimum Gasteiger partial charge on any atom is -0.441 e. The van der Waals surface area contributed by atoms with Crippen LogP contribution in [0.4, 0.5) is 4.79 Å². The molecule has 0 aromatic rings. The number of carbonyl (C=O) groups excluding carboxylic acids is 1. The predicted octanol–water partition coefficient (Wildman–Crippen LogP) is 1.09. The predicted molar refractivity (Wildman–Crippen MR) is 104 cm³/mol. The molecule has 0 aliphatic carbocycles. The molecular weight excluding hydrogens is 344 g/mol. The van der Waals surface area contributed by atoms with Gasteiger partial charge in [-0.3, -0.25) is 14.7 Å². The molecule has 4 heterocycles. The average molecular weight is 381 g/mol. The van der Waals surface area contributed by atoms with Gasteiger partial charge in [-0.25, -0.2) is 4.79 Å². The molecule has 7 heteroatoms. The van der Waals surface area contributed by atoms with Crippen molar-refractivity contribution in [3.05, 3.63) is 0 Å². The maximum Gasteiger partial charge on any atom is 0.410 e. The van der Waals surface area contributed by atoms with Gasteiger partial charge in [-0.2, -0.15) is 0 Å². The third kappa shape index (κ3) is 4.42. The molecule has 0 radical (unpaired) electrons. The molecule has 0 saturated carbocycles. The number of hydrogen-bond donors (Lipinski definition) is 0. The summed E-state index contributed by atoms with van der Waals surface area (Å²) in [4.78, 5) is 21.9. The summed E-state index contributed by atoms with van der Waals surface area (Å²) in [6, 6.07) is 1.20. The monoisotopic (exact) mass is 380 g/mol. The maximum atomic E-state index is 12.4. The Morgan fingerprint density at radius 1 is 1.07 bits per heavy atom. The summed E-state index contributed by atoms with van der Waals surface area (Å²) in [6.45, 7) is 15.3. The molecule has 0 aromatic heterocycles. The Labute approximate surface area is 163 Å². The van der Waals surface area contributed by atoms with E-state index in [0.717, 1.165) is 91.4 Å². The van der Waals surface area contributed by atoms with Crippen molar-refractivity contribution in [3.63, 3.8) is 0 Å². The van der Waals surface area contributed by atoms with Crippen molar-refractivity contribution in [1.29, 1.82) is 0 Å². The van der Waals surface area contributed by atoms with Gasteiger partial charge in [0.25, 0.3) is 0 Å². The van der Waals surface area contributed by atoms with Crippen LogP contribution < -0.4 is 0 Å². The summed E-state index contributed by atoms with van der Waals surface area (Å²) in [5.74, 6) is 0. The lowest BCUT2D eigenvalue weighted by molar-refractivity contribution is -0.0112. The molecule has 1 amide bonds. The van der Waals surface area contributed by atoms with Crippen LogP contribution >= 0.6 is 0 Å². The van der Waals surface area contributed by atoms with E-state index in [1.165, 1.54) is 0 Å². The van der Waals surface area contributed by atoms with E-state index in [-0.39, 0.29) is 11.7 Å². The highest BCUT2D eigenvalue weighted by molar-refractivity contribution is 5.70. The van der Waals surface area contributed by atoms with Gasteiger partial charge < -0.3 is 14.4 Å². The molecule has 7 nitrogen and oxygen atoms in total. The van der Waals surface area contributed by atoms with Crippen LogP contribution in [0.25, 0.3) is 0 Å². The summed E-state index contributed by atoms with van der Waals surface area (Å²) in [5.41, 5.74) is -0.247. The number of hydrogen-bond acceptors (Lipinski definition) is 6. The van der Waals surface area contributed by atoms with Crippen LogP contribution in [0.15, 0.2) is 0 Å². The van der Waals surface area contributed by atoms with Gasteiger partial charge in [0, 0.05) is 83.9 Å². The summed E-state index contributed by atoms with van der Waals surface area (Å²) in [5, 5.41) is 0. The third-order valence-electron chi connectivity index (χ3n) is 7.00. The molecule has 0 unspecified atom stereocenters. The fraction of sp³-hybridized carbons (Fsp3) is 0.950. The van der Waals surface area contributed by atoms with Crippen molar-refractivity contribution < 1.29 is 14.3 Å². The van der Waals surface area contributed by atoms with Crippen molar-refractivity contribution in [2.45, 2.75) is 50.8 Å². The molecule has 4 aliphatic heterocycles. The van der Waals surface area contributed by atoms with Crippen molar-refractivity contribution in [3.8, 4) is 0 Å². The van der Waals surface area contributed by atoms with Gasteiger partial charge in [-0.15, -0.1) is 0 Å². The zero-order valence-corrected chi connectivity index (χ0v) is 17.1. The average Bonchev–Trinajstić information content (AvgIpc) is 3.30. The molecular formula is C20H36N4O3. The van der Waals surface area contributed by atoms with Crippen LogP contribution in [0.2, 0.25) is 0 Å². The number of piperazine rings is 1. The van der Waals surface area contributed by atoms with Gasteiger partial charge >= 0.3 is 6.09 Å². The summed E-state index contributed by atoms with van der Waals surface area (Å²) < 4.78 is 11.4. The van der Waals surface area contributed by atoms with Crippen LogP contribution in [0.5, 0.6) is 0 Å². The van der Waals surface area contributed by atoms with E-state index in [2.05, 4.69) is 28.5 Å². The van der Waals surface area contributed by atoms with Crippen molar-refractivity contribution >= 4 is 6.09 Å². The van der Waals surface area contributed by atoms with Crippen molar-refractivity contribution in [1.82, 2.24) is 19.6 Å². The van der Waals surface area contributed by atoms with E-state index in [1.807, 2.05) is 4.90 Å². The number of ether oxygens (including phenoxy) is 2. The fourth-order valence-electron chi connectivity index (χ4n) is 5.00. The first-order valence-electron chi connectivity index (χ1n) is 10.8. The molecule has 4 fully saturated rings. The molecule has 4 saturated heterocycles. The van der Waals surface area contributed by atoms with E-state index in [4.69, 9.17) is 9.47 Å². The molecule has 1 spiro atoms. The lowest BCUT2D eigenvalue weighted by Crippen LogP contribution is -2.51. The molecule has 4 rings (SSSR count). The molecule has 154 valence electrons. The van der Waals surface area contributed by atoms with E-state index in [9.17, 15) is 4.79 Å². The van der Waals surface area contributed by atoms with E-state index < -0.39 is 0 Å². The SMILES string of the molecule is CC(C)N1CCN(CCN2CC3(CCN([C@H]4CCOC4)CC3)OC2=O)CC1. The first-order chi connectivity index (χ1) is 13.0. The van der Waals surface area contributed by atoms with Crippen LogP contribution in [-0.4, -0.2) is 115 Å². The highest BCUT2D eigenvalue weighted by Crippen LogP contribution is 2.34. The Balaban J connectivity index is 1.21. The van der Waals surface area contributed by atoms with Gasteiger partial charge in [-0.05, 0) is 20.3 Å². The largest absolute Gasteiger partial charge is 0.441 e. The van der Waals surface area contributed by atoms with E-state index in [1.54, 1.807) is 0 Å². The Bertz CT molecular complexity index is 507. The van der Waals surface area contributed by atoms with Gasteiger partial charge in [-0.1, -0.05) is 0 Å². The minimum absolute atomic E-state index is 0.103. The quantitative estimate of drug-likeness (QED) is 0.712. The van der Waals surface area contributed by atoms with E-state index in [0.29, 0.717) is 12.1 Å². The number of carbonyl (C=O) groups is 1. The first kappa shape index (κ1) is 19.4. The van der Waals surface area contributed by atoms with Gasteiger partial charge in [0.2, 0.25) is 0 Å². The number of likely N-dealkylation sites (tertiary alicyclic amines) is 1. The molecule has 0 aromatic carbocycles. The second kappa shape index (κ2) is 8.23. The highest BCUT2D eigenvalue weighted by atomic mass is 16.6. The second-order valence-electron chi connectivity index (χ2n) is 9.00. The summed E-state index contributed by atoms with van der Waals surface area (Å²) in [6.07, 6.45) is 2.95. The van der Waals surface area contributed by atoms with Gasteiger partial charge in [0.1, 0.15) is 5.60 Å². The molecule has 27 heavy (non-hydrogen) atoms. The van der Waals surface area contributed by atoms with E-state index >= 15 is 0 Å². The fourth-order valence-corrected chi connectivity index (χ4v) is 5.00. The van der Waals surface area contributed by atoms with Crippen molar-refractivity contribution in [2.24, 2.45) is 0 Å². The first-order valence-corrected chi connectivity index (χ1v) is 10.8. The zero-order valence-electron chi connectivity index (χ0n) is 17.1. The lowest BCUT2D eigenvalue weighted by atomic mass is 9.90. The van der Waals surface area contributed by atoms with Gasteiger partial charge in [0.15, 0.2) is 0 Å². The van der Waals surface area contributed by atoms with Crippen LogP contribution in [-0.2, 0) is 9.47 Å². The minimum atomic E-state index is -0.247. The third-order valence-corrected chi connectivity index (χ3v) is 7.00. The Morgan fingerprint density at radius 2 is 1.81 bits per heavy atom. The topological polar surface area (TPSA) is 48.5 Å². The number of piperidine rings is 1. The Hall–Kier alpha value is -0.890. The highest BCUT2D eigenvalue weighted by Gasteiger charge is 2.47. The Kier molecular flexibility index (Phi) is 5.92. The second-order valence-corrected chi connectivity index (χ2v) is 9.00. The van der Waals surface area contributed by atoms with Crippen LogP contribution in [0.3, 0.4) is 0 Å². The summed E-state index contributed by atoms with van der Waals surface area (Å²) in [7, 11) is 0. The van der Waals surface area contributed by atoms with Crippen LogP contribution in [0.1, 0.15) is 33.1 Å². The maximum absolute atomic E-state index is 12.4. The lowest BCUT2D eigenvalue weighted by Gasteiger charge is -2.40. The molecule has 1 atom stereocenters. The molecule has 0 N–H and O–H groups in total. The molecule has 0 bridgehead atoms. The molecule has 4 aliphatic rings. The standard InChI is InChI=1S/C20H36N4O3/c1-17(2)22-11-8-21(9-12-22)10-13-24-16-20(27-19(24)25)4-6-23(7-5-20)18-3-14-26-15-18/h17-18H,3-16H2,1-2H3/t18-/m0/s1. The number of nitrogens with zero attached hydrogens (tertiary/aromatic N) is 4. The zero-order chi connectivity index (χ0) is 18.9. The normalized spacial score (nSPS) is 30.6. The smallest absolute Gasteiger partial charge is 0.410 e. The van der Waals surface area contributed by atoms with Crippen LogP contribution in [0, 0.1) is 0 Å². The Morgan fingerprint density at radius 3 is 2.44 bits per heavy atom. The van der Waals surface area contributed by atoms with Crippen molar-refractivity contribution in [2.75, 3.05) is 72.1 Å². The summed E-state index contributed by atoms with van der Waals surface area (Å²) >= 11 is 0. The number of amides is 1. The number of rotatable bonds is 5.